The highest BCUT2D eigenvalue weighted by Gasteiger charge is 2.20. The van der Waals surface area contributed by atoms with Gasteiger partial charge in [0.2, 0.25) is 0 Å². The topological polar surface area (TPSA) is 125 Å². The summed E-state index contributed by atoms with van der Waals surface area (Å²) in [6, 6.07) is 5.63. The van der Waals surface area contributed by atoms with Crippen LogP contribution in [0.1, 0.15) is 12.5 Å². The third-order valence-corrected chi connectivity index (χ3v) is 2.49. The van der Waals surface area contributed by atoms with Crippen molar-refractivity contribution in [1.29, 1.82) is 5.26 Å². The van der Waals surface area contributed by atoms with Crippen LogP contribution in [0.25, 0.3) is 0 Å². The van der Waals surface area contributed by atoms with E-state index >= 15 is 0 Å². The van der Waals surface area contributed by atoms with Crippen LogP contribution in [0, 0.1) is 21.4 Å². The van der Waals surface area contributed by atoms with Gasteiger partial charge in [0, 0.05) is 12.6 Å². The second kappa shape index (κ2) is 5.95. The van der Waals surface area contributed by atoms with Gasteiger partial charge < -0.3 is 16.2 Å². The largest absolute Gasteiger partial charge is 0.392 e. The minimum absolute atomic E-state index is 0.0179. The van der Waals surface area contributed by atoms with Gasteiger partial charge in [-0.25, -0.2) is 0 Å². The third kappa shape index (κ3) is 3.16. The van der Waals surface area contributed by atoms with E-state index in [0.717, 1.165) is 0 Å². The molecule has 18 heavy (non-hydrogen) atoms. The van der Waals surface area contributed by atoms with Crippen molar-refractivity contribution in [2.75, 3.05) is 11.9 Å². The molecule has 0 aliphatic heterocycles. The highest BCUT2D eigenvalue weighted by Crippen LogP contribution is 2.27. The third-order valence-electron chi connectivity index (χ3n) is 2.49. The van der Waals surface area contributed by atoms with Crippen molar-refractivity contribution in [1.82, 2.24) is 0 Å². The van der Waals surface area contributed by atoms with Gasteiger partial charge in [0.05, 0.1) is 11.0 Å². The summed E-state index contributed by atoms with van der Waals surface area (Å²) < 4.78 is 0. The molecule has 2 atom stereocenters. The van der Waals surface area contributed by atoms with Crippen LogP contribution in [0.3, 0.4) is 0 Å². The maximum Gasteiger partial charge on any atom is 0.309 e. The molecule has 4 N–H and O–H groups in total. The smallest absolute Gasteiger partial charge is 0.309 e. The molecule has 0 saturated carbocycles. The zero-order chi connectivity index (χ0) is 13.7. The van der Waals surface area contributed by atoms with E-state index in [4.69, 9.17) is 11.0 Å². The van der Waals surface area contributed by atoms with E-state index in [0.29, 0.717) is 0 Å². The molecule has 0 amide bonds. The summed E-state index contributed by atoms with van der Waals surface area (Å²) >= 11 is 0. The van der Waals surface area contributed by atoms with Crippen LogP contribution >= 0.6 is 0 Å². The Kier molecular flexibility index (Phi) is 4.59. The second-order valence-electron chi connectivity index (χ2n) is 3.86. The molecule has 1 rings (SSSR count). The van der Waals surface area contributed by atoms with Crippen LogP contribution < -0.4 is 11.1 Å². The fraction of sp³-hybridized carbons (Fsp3) is 0.364. The monoisotopic (exact) mass is 250 g/mol. The highest BCUT2D eigenvalue weighted by atomic mass is 16.6. The number of benzene rings is 1. The van der Waals surface area contributed by atoms with Gasteiger partial charge in [-0.3, -0.25) is 10.1 Å². The van der Waals surface area contributed by atoms with Gasteiger partial charge in [0.25, 0.3) is 0 Å². The molecule has 0 fully saturated rings. The average molecular weight is 250 g/mol. The molecule has 7 nitrogen and oxygen atoms in total. The van der Waals surface area contributed by atoms with E-state index in [-0.39, 0.29) is 23.5 Å². The van der Waals surface area contributed by atoms with Crippen molar-refractivity contribution in [3.8, 4) is 6.07 Å². The average Bonchev–Trinajstić information content (AvgIpc) is 2.34. The summed E-state index contributed by atoms with van der Waals surface area (Å²) in [5.41, 5.74) is 5.53. The molecule has 0 spiro atoms. The Morgan fingerprint density at radius 2 is 2.33 bits per heavy atom. The molecule has 1 aromatic carbocycles. The second-order valence-corrected chi connectivity index (χ2v) is 3.86. The number of hydrogen-bond acceptors (Lipinski definition) is 6. The molecule has 0 radical (unpaired) electrons. The van der Waals surface area contributed by atoms with Crippen LogP contribution in [-0.2, 0) is 0 Å². The maximum atomic E-state index is 10.9. The van der Waals surface area contributed by atoms with Gasteiger partial charge in [0.15, 0.2) is 0 Å². The lowest BCUT2D eigenvalue weighted by Crippen LogP contribution is -2.38. The normalized spacial score (nSPS) is 13.4. The zero-order valence-electron chi connectivity index (χ0n) is 9.83. The molecule has 0 aromatic heterocycles. The number of nitro benzene ring substituents is 1. The van der Waals surface area contributed by atoms with Crippen molar-refractivity contribution in [3.05, 3.63) is 33.9 Å². The number of rotatable bonds is 5. The predicted octanol–water partition coefficient (Wildman–Crippen LogP) is 0.586. The van der Waals surface area contributed by atoms with E-state index in [2.05, 4.69) is 5.32 Å². The standard InChI is InChI=1S/C11H14N4O3/c1-7(16)9(13)6-14-10-4-2-3-8(5-12)11(10)15(17)18/h2-4,7,9,14,16H,6,13H2,1H3. The number of para-hydroxylation sites is 1. The number of nitro groups is 1. The molecular formula is C11H14N4O3. The van der Waals surface area contributed by atoms with Gasteiger partial charge in [-0.15, -0.1) is 0 Å². The molecule has 1 aromatic rings. The fourth-order valence-electron chi connectivity index (χ4n) is 1.37. The van der Waals surface area contributed by atoms with E-state index in [1.165, 1.54) is 19.1 Å². The summed E-state index contributed by atoms with van der Waals surface area (Å²) in [6.45, 7) is 1.71. The van der Waals surface area contributed by atoms with Crippen LogP contribution in [0.5, 0.6) is 0 Å². The molecule has 7 heteroatoms. The van der Waals surface area contributed by atoms with Gasteiger partial charge in [-0.05, 0) is 19.1 Å². The Hall–Kier alpha value is -2.17. The summed E-state index contributed by atoms with van der Waals surface area (Å²) in [5.74, 6) is 0. The number of nitrogens with two attached hydrogens (primary N) is 1. The van der Waals surface area contributed by atoms with Gasteiger partial charge in [-0.2, -0.15) is 5.26 Å². The first-order chi connectivity index (χ1) is 8.47. The van der Waals surface area contributed by atoms with Crippen LogP contribution in [-0.4, -0.2) is 28.7 Å². The van der Waals surface area contributed by atoms with Gasteiger partial charge in [-0.1, -0.05) is 6.07 Å². The Bertz CT molecular complexity index is 482. The molecule has 0 saturated heterocycles. The van der Waals surface area contributed by atoms with Crippen molar-refractivity contribution in [2.24, 2.45) is 5.73 Å². The maximum absolute atomic E-state index is 10.9. The number of nitriles is 1. The molecule has 2 unspecified atom stereocenters. The molecule has 0 aliphatic rings. The summed E-state index contributed by atoms with van der Waals surface area (Å²) in [7, 11) is 0. The number of nitrogens with one attached hydrogen (secondary N) is 1. The van der Waals surface area contributed by atoms with Crippen LogP contribution in [0.4, 0.5) is 11.4 Å². The van der Waals surface area contributed by atoms with E-state index in [1.807, 2.05) is 0 Å². The quantitative estimate of drug-likeness (QED) is 0.518. The van der Waals surface area contributed by atoms with Crippen molar-refractivity contribution in [2.45, 2.75) is 19.1 Å². The Balaban J connectivity index is 2.96. The van der Waals surface area contributed by atoms with E-state index < -0.39 is 17.1 Å². The van der Waals surface area contributed by atoms with Crippen LogP contribution in [0.2, 0.25) is 0 Å². The minimum atomic E-state index is -0.726. The zero-order valence-corrected chi connectivity index (χ0v) is 9.83. The van der Waals surface area contributed by atoms with Crippen molar-refractivity contribution >= 4 is 11.4 Å². The summed E-state index contributed by atoms with van der Waals surface area (Å²) in [5, 5.41) is 31.7. The minimum Gasteiger partial charge on any atom is -0.392 e. The predicted molar refractivity (Wildman–Crippen MR) is 66.0 cm³/mol. The molecule has 0 bridgehead atoms. The lowest BCUT2D eigenvalue weighted by molar-refractivity contribution is -0.384. The lowest BCUT2D eigenvalue weighted by atomic mass is 10.1. The lowest BCUT2D eigenvalue weighted by Gasteiger charge is -2.16. The number of aliphatic hydroxyl groups is 1. The number of nitrogens with zero attached hydrogens (tertiary/aromatic N) is 2. The fourth-order valence-corrected chi connectivity index (χ4v) is 1.37. The Morgan fingerprint density at radius 3 is 2.83 bits per heavy atom. The summed E-state index contributed by atoms with van der Waals surface area (Å²) in [4.78, 5) is 10.3. The first-order valence-corrected chi connectivity index (χ1v) is 5.32. The van der Waals surface area contributed by atoms with Crippen molar-refractivity contribution < 1.29 is 10.0 Å². The molecule has 96 valence electrons. The summed E-state index contributed by atoms with van der Waals surface area (Å²) in [6.07, 6.45) is -0.726. The Labute approximate surface area is 104 Å². The molecule has 0 heterocycles. The van der Waals surface area contributed by atoms with E-state index in [1.54, 1.807) is 12.1 Å². The molecular weight excluding hydrogens is 236 g/mol. The number of hydrogen-bond donors (Lipinski definition) is 3. The SMILES string of the molecule is CC(O)C(N)CNc1cccc(C#N)c1[N+](=O)[O-]. The first kappa shape index (κ1) is 13.9. The first-order valence-electron chi connectivity index (χ1n) is 5.32. The van der Waals surface area contributed by atoms with Crippen molar-refractivity contribution in [3.63, 3.8) is 0 Å². The Morgan fingerprint density at radius 1 is 1.67 bits per heavy atom. The van der Waals surface area contributed by atoms with Gasteiger partial charge in [0.1, 0.15) is 17.3 Å². The van der Waals surface area contributed by atoms with Crippen LogP contribution in [0.15, 0.2) is 18.2 Å². The number of aliphatic hydroxyl groups excluding tert-OH is 1. The highest BCUT2D eigenvalue weighted by molar-refractivity contribution is 5.68. The van der Waals surface area contributed by atoms with E-state index in [9.17, 15) is 15.2 Å². The number of anilines is 1. The molecule has 0 aliphatic carbocycles. The van der Waals surface area contributed by atoms with Gasteiger partial charge >= 0.3 is 5.69 Å².